The molecular weight excluding hydrogens is 366 g/mol. The van der Waals surface area contributed by atoms with Gasteiger partial charge in [0.05, 0.1) is 19.4 Å². The van der Waals surface area contributed by atoms with Crippen LogP contribution < -0.4 is 15.1 Å². The summed E-state index contributed by atoms with van der Waals surface area (Å²) in [6.45, 7) is 5.07. The Morgan fingerprint density at radius 2 is 2.00 bits per heavy atom. The highest BCUT2D eigenvalue weighted by molar-refractivity contribution is 6.30. The molecule has 0 aromatic heterocycles. The van der Waals surface area contributed by atoms with E-state index in [1.165, 1.54) is 0 Å². The number of carbonyl (C=O) groups excluding carboxylic acids is 1. The standard InChI is InChI=1S/C20H22ClN3O3/c1-15-12-17(21)4-7-19(15)27-14-20(25)23-22-13-16-2-5-18(6-3-16)24-8-10-26-11-9-24/h2-7,12-13H,8-11,14H2,1H3,(H,23,25)/b22-13-. The van der Waals surface area contributed by atoms with E-state index in [2.05, 4.69) is 15.4 Å². The Morgan fingerprint density at radius 3 is 2.70 bits per heavy atom. The van der Waals surface area contributed by atoms with Crippen molar-refractivity contribution in [3.05, 3.63) is 58.6 Å². The first-order valence-electron chi connectivity index (χ1n) is 8.75. The monoisotopic (exact) mass is 387 g/mol. The van der Waals surface area contributed by atoms with E-state index in [1.54, 1.807) is 24.4 Å². The van der Waals surface area contributed by atoms with Gasteiger partial charge in [-0.3, -0.25) is 4.79 Å². The van der Waals surface area contributed by atoms with Gasteiger partial charge in [-0.25, -0.2) is 5.43 Å². The highest BCUT2D eigenvalue weighted by Crippen LogP contribution is 2.21. The number of morpholine rings is 1. The number of carbonyl (C=O) groups is 1. The van der Waals surface area contributed by atoms with Crippen LogP contribution in [0.1, 0.15) is 11.1 Å². The molecule has 1 aliphatic rings. The van der Waals surface area contributed by atoms with Crippen molar-refractivity contribution >= 4 is 29.4 Å². The molecule has 2 aromatic rings. The van der Waals surface area contributed by atoms with Crippen LogP contribution in [-0.4, -0.2) is 45.0 Å². The Labute approximate surface area is 163 Å². The maximum Gasteiger partial charge on any atom is 0.277 e. The van der Waals surface area contributed by atoms with E-state index in [0.29, 0.717) is 10.8 Å². The number of benzene rings is 2. The topological polar surface area (TPSA) is 63.2 Å². The van der Waals surface area contributed by atoms with Crippen molar-refractivity contribution in [2.75, 3.05) is 37.8 Å². The quantitative estimate of drug-likeness (QED) is 0.611. The summed E-state index contributed by atoms with van der Waals surface area (Å²) < 4.78 is 10.8. The molecule has 1 heterocycles. The van der Waals surface area contributed by atoms with Crippen molar-refractivity contribution in [2.45, 2.75) is 6.92 Å². The van der Waals surface area contributed by atoms with Gasteiger partial charge in [-0.05, 0) is 48.4 Å². The van der Waals surface area contributed by atoms with Gasteiger partial charge in [-0.15, -0.1) is 0 Å². The fourth-order valence-electron chi connectivity index (χ4n) is 2.72. The fourth-order valence-corrected chi connectivity index (χ4v) is 2.95. The smallest absolute Gasteiger partial charge is 0.277 e. The molecule has 0 saturated carbocycles. The minimum Gasteiger partial charge on any atom is -0.483 e. The number of hydrogen-bond acceptors (Lipinski definition) is 5. The zero-order valence-electron chi connectivity index (χ0n) is 15.2. The average Bonchev–Trinajstić information content (AvgIpc) is 2.68. The van der Waals surface area contributed by atoms with E-state index >= 15 is 0 Å². The predicted octanol–water partition coefficient (Wildman–Crippen LogP) is 3.01. The van der Waals surface area contributed by atoms with Crippen LogP contribution in [0, 0.1) is 6.92 Å². The fraction of sp³-hybridized carbons (Fsp3) is 0.300. The molecule has 1 fully saturated rings. The third-order valence-electron chi connectivity index (χ3n) is 4.17. The van der Waals surface area contributed by atoms with Gasteiger partial charge in [0.2, 0.25) is 0 Å². The molecule has 6 nitrogen and oxygen atoms in total. The number of hydrazone groups is 1. The highest BCUT2D eigenvalue weighted by Gasteiger charge is 2.10. The molecule has 0 atom stereocenters. The average molecular weight is 388 g/mol. The zero-order chi connectivity index (χ0) is 19.1. The number of nitrogens with one attached hydrogen (secondary N) is 1. The van der Waals surface area contributed by atoms with Gasteiger partial charge < -0.3 is 14.4 Å². The number of nitrogens with zero attached hydrogens (tertiary/aromatic N) is 2. The summed E-state index contributed by atoms with van der Waals surface area (Å²) in [5, 5.41) is 4.61. The van der Waals surface area contributed by atoms with E-state index in [1.807, 2.05) is 31.2 Å². The number of amides is 1. The number of rotatable bonds is 6. The van der Waals surface area contributed by atoms with Gasteiger partial charge in [0.25, 0.3) is 5.91 Å². The van der Waals surface area contributed by atoms with Crippen LogP contribution in [0.4, 0.5) is 5.69 Å². The van der Waals surface area contributed by atoms with Crippen molar-refractivity contribution < 1.29 is 14.3 Å². The van der Waals surface area contributed by atoms with Crippen LogP contribution in [0.3, 0.4) is 0 Å². The Kier molecular flexibility index (Phi) is 6.68. The zero-order valence-corrected chi connectivity index (χ0v) is 15.9. The first-order chi connectivity index (χ1) is 13.1. The summed E-state index contributed by atoms with van der Waals surface area (Å²) in [7, 11) is 0. The van der Waals surface area contributed by atoms with Gasteiger partial charge >= 0.3 is 0 Å². The molecule has 0 spiro atoms. The second-order valence-electron chi connectivity index (χ2n) is 6.18. The summed E-state index contributed by atoms with van der Waals surface area (Å²) in [5.41, 5.74) is 5.40. The number of hydrogen-bond donors (Lipinski definition) is 1. The van der Waals surface area contributed by atoms with Crippen molar-refractivity contribution in [3.8, 4) is 5.75 Å². The molecule has 1 N–H and O–H groups in total. The minimum absolute atomic E-state index is 0.115. The third kappa shape index (κ3) is 5.70. The maximum absolute atomic E-state index is 11.9. The summed E-state index contributed by atoms with van der Waals surface area (Å²) in [6.07, 6.45) is 1.61. The molecular formula is C20H22ClN3O3. The van der Waals surface area contributed by atoms with Gasteiger partial charge in [-0.1, -0.05) is 23.7 Å². The summed E-state index contributed by atoms with van der Waals surface area (Å²) >= 11 is 5.90. The Balaban J connectivity index is 1.46. The molecule has 3 rings (SSSR count). The molecule has 0 aliphatic carbocycles. The number of aryl methyl sites for hydroxylation is 1. The van der Waals surface area contributed by atoms with Gasteiger partial charge in [0.15, 0.2) is 6.61 Å². The number of ether oxygens (including phenoxy) is 2. The van der Waals surface area contributed by atoms with Crippen molar-refractivity contribution in [1.82, 2.24) is 5.43 Å². The molecule has 1 aliphatic heterocycles. The Bertz CT molecular complexity index is 803. The second-order valence-corrected chi connectivity index (χ2v) is 6.62. The molecule has 0 radical (unpaired) electrons. The van der Waals surface area contributed by atoms with E-state index in [-0.39, 0.29) is 12.5 Å². The largest absolute Gasteiger partial charge is 0.483 e. The second kappa shape index (κ2) is 9.39. The van der Waals surface area contributed by atoms with Crippen LogP contribution in [0.2, 0.25) is 5.02 Å². The van der Waals surface area contributed by atoms with Crippen molar-refractivity contribution in [2.24, 2.45) is 5.10 Å². The molecule has 27 heavy (non-hydrogen) atoms. The van der Waals surface area contributed by atoms with Gasteiger partial charge in [-0.2, -0.15) is 5.10 Å². The highest BCUT2D eigenvalue weighted by atomic mass is 35.5. The molecule has 0 bridgehead atoms. The van der Waals surface area contributed by atoms with Crippen LogP contribution in [0.25, 0.3) is 0 Å². The van der Waals surface area contributed by atoms with Crippen LogP contribution in [-0.2, 0) is 9.53 Å². The molecule has 2 aromatic carbocycles. The van der Waals surface area contributed by atoms with E-state index in [9.17, 15) is 4.79 Å². The Morgan fingerprint density at radius 1 is 1.26 bits per heavy atom. The third-order valence-corrected chi connectivity index (χ3v) is 4.40. The lowest BCUT2D eigenvalue weighted by Gasteiger charge is -2.28. The predicted molar refractivity (Wildman–Crippen MR) is 107 cm³/mol. The lowest BCUT2D eigenvalue weighted by atomic mass is 10.2. The van der Waals surface area contributed by atoms with Crippen LogP contribution in [0.15, 0.2) is 47.6 Å². The first kappa shape index (κ1) is 19.2. The minimum atomic E-state index is -0.328. The molecule has 142 valence electrons. The lowest BCUT2D eigenvalue weighted by molar-refractivity contribution is -0.123. The summed E-state index contributed by atoms with van der Waals surface area (Å²) in [5.74, 6) is 0.294. The van der Waals surface area contributed by atoms with Crippen LogP contribution >= 0.6 is 11.6 Å². The van der Waals surface area contributed by atoms with E-state index in [0.717, 1.165) is 43.1 Å². The number of halogens is 1. The van der Waals surface area contributed by atoms with E-state index < -0.39 is 0 Å². The molecule has 0 unspecified atom stereocenters. The van der Waals surface area contributed by atoms with E-state index in [4.69, 9.17) is 21.1 Å². The molecule has 1 amide bonds. The number of anilines is 1. The van der Waals surface area contributed by atoms with Crippen LogP contribution in [0.5, 0.6) is 5.75 Å². The SMILES string of the molecule is Cc1cc(Cl)ccc1OCC(=O)N/N=C\c1ccc(N2CCOCC2)cc1. The molecule has 1 saturated heterocycles. The van der Waals surface area contributed by atoms with Crippen molar-refractivity contribution in [1.29, 1.82) is 0 Å². The first-order valence-corrected chi connectivity index (χ1v) is 9.13. The summed E-state index contributed by atoms with van der Waals surface area (Å²) in [6, 6.07) is 13.3. The van der Waals surface area contributed by atoms with Gasteiger partial charge in [0.1, 0.15) is 5.75 Å². The molecule has 7 heteroatoms. The maximum atomic E-state index is 11.9. The lowest BCUT2D eigenvalue weighted by Crippen LogP contribution is -2.36. The Hall–Kier alpha value is -2.57. The normalized spacial score (nSPS) is 14.4. The van der Waals surface area contributed by atoms with Gasteiger partial charge in [0, 0.05) is 23.8 Å². The summed E-state index contributed by atoms with van der Waals surface area (Å²) in [4.78, 5) is 14.1. The van der Waals surface area contributed by atoms with Crippen molar-refractivity contribution in [3.63, 3.8) is 0 Å².